The summed E-state index contributed by atoms with van der Waals surface area (Å²) in [4.78, 5) is 12.1. The van der Waals surface area contributed by atoms with E-state index in [1.807, 2.05) is 18.2 Å². The summed E-state index contributed by atoms with van der Waals surface area (Å²) >= 11 is 0. The zero-order chi connectivity index (χ0) is 17.8. The second-order valence-electron chi connectivity index (χ2n) is 5.22. The van der Waals surface area contributed by atoms with E-state index < -0.39 is 5.56 Å². The minimum absolute atomic E-state index is 0.0194. The predicted molar refractivity (Wildman–Crippen MR) is 93.5 cm³/mol. The van der Waals surface area contributed by atoms with Gasteiger partial charge in [-0.2, -0.15) is 10.4 Å². The molecule has 1 heterocycles. The third kappa shape index (κ3) is 3.08. The number of aromatic nitrogens is 2. The van der Waals surface area contributed by atoms with E-state index in [4.69, 9.17) is 9.47 Å². The lowest BCUT2D eigenvalue weighted by Crippen LogP contribution is -2.15. The Balaban J connectivity index is 2.24. The molecule has 0 amide bonds. The molecule has 3 rings (SSSR count). The molecule has 0 aliphatic carbocycles. The van der Waals surface area contributed by atoms with Crippen LogP contribution >= 0.6 is 0 Å². The van der Waals surface area contributed by atoms with Gasteiger partial charge in [-0.1, -0.05) is 12.1 Å². The van der Waals surface area contributed by atoms with E-state index in [-0.39, 0.29) is 5.56 Å². The Labute approximate surface area is 144 Å². The predicted octanol–water partition coefficient (Wildman–Crippen LogP) is 2.99. The van der Waals surface area contributed by atoms with Crippen molar-refractivity contribution in [1.82, 2.24) is 10.2 Å². The van der Waals surface area contributed by atoms with Gasteiger partial charge in [0.05, 0.1) is 14.2 Å². The van der Waals surface area contributed by atoms with Crippen LogP contribution in [0.5, 0.6) is 11.5 Å². The van der Waals surface area contributed by atoms with Gasteiger partial charge in [0.1, 0.15) is 28.8 Å². The van der Waals surface area contributed by atoms with E-state index in [2.05, 4.69) is 10.2 Å². The van der Waals surface area contributed by atoms with Crippen LogP contribution in [-0.4, -0.2) is 24.4 Å². The van der Waals surface area contributed by atoms with E-state index in [0.29, 0.717) is 28.3 Å². The van der Waals surface area contributed by atoms with Crippen molar-refractivity contribution >= 4 is 0 Å². The quantitative estimate of drug-likeness (QED) is 0.793. The molecule has 0 saturated heterocycles. The monoisotopic (exact) mass is 333 g/mol. The molecule has 0 radical (unpaired) electrons. The van der Waals surface area contributed by atoms with Gasteiger partial charge >= 0.3 is 0 Å². The van der Waals surface area contributed by atoms with Gasteiger partial charge in [-0.05, 0) is 42.0 Å². The number of methoxy groups -OCH3 is 2. The van der Waals surface area contributed by atoms with Crippen LogP contribution in [-0.2, 0) is 0 Å². The number of nitrogens with one attached hydrogen (secondary N) is 1. The Kier molecular flexibility index (Phi) is 4.48. The summed E-state index contributed by atoms with van der Waals surface area (Å²) in [5.74, 6) is 1.39. The van der Waals surface area contributed by atoms with Gasteiger partial charge in [-0.25, -0.2) is 5.10 Å². The molecule has 1 N–H and O–H groups in total. The number of hydrogen-bond acceptors (Lipinski definition) is 5. The van der Waals surface area contributed by atoms with Gasteiger partial charge in [0.25, 0.3) is 5.56 Å². The lowest BCUT2D eigenvalue weighted by atomic mass is 9.96. The highest BCUT2D eigenvalue weighted by molar-refractivity contribution is 5.84. The molecule has 6 heteroatoms. The number of nitriles is 1. The van der Waals surface area contributed by atoms with Crippen molar-refractivity contribution in [2.24, 2.45) is 0 Å². The average Bonchev–Trinajstić information content (AvgIpc) is 2.68. The number of aromatic amines is 1. The summed E-state index contributed by atoms with van der Waals surface area (Å²) in [6.45, 7) is 0. The van der Waals surface area contributed by atoms with Crippen LogP contribution < -0.4 is 15.0 Å². The van der Waals surface area contributed by atoms with Crippen molar-refractivity contribution in [3.05, 3.63) is 64.4 Å². The Hall–Kier alpha value is -3.59. The van der Waals surface area contributed by atoms with Crippen LogP contribution in [0.15, 0.2) is 53.3 Å². The molecule has 0 atom stereocenters. The summed E-state index contributed by atoms with van der Waals surface area (Å²) in [6.07, 6.45) is 0. The molecular formula is C19H15N3O3. The molecule has 0 fully saturated rings. The molecule has 124 valence electrons. The first-order valence-electron chi connectivity index (χ1n) is 7.49. The maximum absolute atomic E-state index is 12.1. The fourth-order valence-corrected chi connectivity index (χ4v) is 2.55. The SMILES string of the molecule is COc1ccc(-c2n[nH]c(=O)c(C#N)c2-c2ccc(OC)cc2)cc1. The molecule has 0 aliphatic rings. The Morgan fingerprint density at radius 1 is 0.920 bits per heavy atom. The maximum atomic E-state index is 12.1. The second-order valence-corrected chi connectivity index (χ2v) is 5.22. The van der Waals surface area contributed by atoms with E-state index >= 15 is 0 Å². The standard InChI is InChI=1S/C19H15N3O3/c1-24-14-7-3-12(4-8-14)17-16(11-20)19(23)22-21-18(17)13-5-9-15(25-2)10-6-13/h3-10H,1-2H3,(H,22,23). The number of rotatable bonds is 4. The van der Waals surface area contributed by atoms with Crippen LogP contribution in [0.2, 0.25) is 0 Å². The molecule has 2 aromatic carbocycles. The average molecular weight is 333 g/mol. The van der Waals surface area contributed by atoms with Gasteiger partial charge in [-0.3, -0.25) is 4.79 Å². The smallest absolute Gasteiger partial charge is 0.282 e. The zero-order valence-corrected chi connectivity index (χ0v) is 13.7. The summed E-state index contributed by atoms with van der Waals surface area (Å²) in [7, 11) is 3.16. The van der Waals surface area contributed by atoms with Gasteiger partial charge in [0, 0.05) is 11.1 Å². The lowest BCUT2D eigenvalue weighted by molar-refractivity contribution is 0.414. The normalized spacial score (nSPS) is 10.1. The summed E-state index contributed by atoms with van der Waals surface area (Å²) in [5.41, 5.74) is 1.97. The molecule has 0 saturated carbocycles. The Morgan fingerprint density at radius 3 is 1.92 bits per heavy atom. The molecule has 0 spiro atoms. The van der Waals surface area contributed by atoms with Gasteiger partial charge in [0.15, 0.2) is 0 Å². The van der Waals surface area contributed by atoms with Crippen LogP contribution in [0.1, 0.15) is 5.56 Å². The number of ether oxygens (including phenoxy) is 2. The Morgan fingerprint density at radius 2 is 1.44 bits per heavy atom. The van der Waals surface area contributed by atoms with Crippen molar-refractivity contribution < 1.29 is 9.47 Å². The summed E-state index contributed by atoms with van der Waals surface area (Å²) in [6, 6.07) is 16.4. The zero-order valence-electron chi connectivity index (χ0n) is 13.7. The highest BCUT2D eigenvalue weighted by Gasteiger charge is 2.17. The summed E-state index contributed by atoms with van der Waals surface area (Å²) in [5, 5.41) is 16.0. The molecule has 1 aromatic heterocycles. The Bertz CT molecular complexity index is 984. The number of benzene rings is 2. The van der Waals surface area contributed by atoms with Crippen molar-refractivity contribution in [3.63, 3.8) is 0 Å². The highest BCUT2D eigenvalue weighted by atomic mass is 16.5. The molecular weight excluding hydrogens is 318 g/mol. The molecule has 0 aliphatic heterocycles. The van der Waals surface area contributed by atoms with Crippen molar-refractivity contribution in [1.29, 1.82) is 5.26 Å². The minimum atomic E-state index is -0.523. The molecule has 0 bridgehead atoms. The molecule has 25 heavy (non-hydrogen) atoms. The number of hydrogen-bond donors (Lipinski definition) is 1. The third-order valence-electron chi connectivity index (χ3n) is 3.84. The molecule has 6 nitrogen and oxygen atoms in total. The van der Waals surface area contributed by atoms with Gasteiger partial charge in [-0.15, -0.1) is 0 Å². The van der Waals surface area contributed by atoms with Crippen molar-refractivity contribution in [2.75, 3.05) is 14.2 Å². The largest absolute Gasteiger partial charge is 0.497 e. The van der Waals surface area contributed by atoms with E-state index in [1.165, 1.54) is 0 Å². The lowest BCUT2D eigenvalue weighted by Gasteiger charge is -2.11. The first-order chi connectivity index (χ1) is 12.2. The van der Waals surface area contributed by atoms with Crippen molar-refractivity contribution in [2.45, 2.75) is 0 Å². The number of nitrogens with zero attached hydrogens (tertiary/aromatic N) is 2. The van der Waals surface area contributed by atoms with Gasteiger partial charge in [0.2, 0.25) is 0 Å². The highest BCUT2D eigenvalue weighted by Crippen LogP contribution is 2.33. The van der Waals surface area contributed by atoms with Crippen molar-refractivity contribution in [3.8, 4) is 40.0 Å². The van der Waals surface area contributed by atoms with Crippen LogP contribution in [0.25, 0.3) is 22.4 Å². The maximum Gasteiger partial charge on any atom is 0.282 e. The van der Waals surface area contributed by atoms with Crippen LogP contribution in [0.3, 0.4) is 0 Å². The van der Waals surface area contributed by atoms with Crippen LogP contribution in [0.4, 0.5) is 0 Å². The van der Waals surface area contributed by atoms with Crippen LogP contribution in [0, 0.1) is 11.3 Å². The number of H-pyrrole nitrogens is 1. The van der Waals surface area contributed by atoms with E-state index in [1.54, 1.807) is 50.6 Å². The van der Waals surface area contributed by atoms with Gasteiger partial charge < -0.3 is 9.47 Å². The van der Waals surface area contributed by atoms with E-state index in [9.17, 15) is 10.1 Å². The fourth-order valence-electron chi connectivity index (χ4n) is 2.55. The minimum Gasteiger partial charge on any atom is -0.497 e. The van der Waals surface area contributed by atoms with E-state index in [0.717, 1.165) is 5.56 Å². The first-order valence-corrected chi connectivity index (χ1v) is 7.49. The first kappa shape index (κ1) is 16.3. The fraction of sp³-hybridized carbons (Fsp3) is 0.105. The summed E-state index contributed by atoms with van der Waals surface area (Å²) < 4.78 is 10.3. The second kappa shape index (κ2) is 6.89. The topological polar surface area (TPSA) is 88.0 Å². The third-order valence-corrected chi connectivity index (χ3v) is 3.84. The molecule has 0 unspecified atom stereocenters. The molecule has 3 aromatic rings.